The van der Waals surface area contributed by atoms with E-state index in [2.05, 4.69) is 4.98 Å². The average molecular weight is 229 g/mol. The van der Waals surface area contributed by atoms with E-state index in [1.807, 2.05) is 34.7 Å². The summed E-state index contributed by atoms with van der Waals surface area (Å²) in [5.41, 5.74) is 2.71. The van der Waals surface area contributed by atoms with Crippen LogP contribution in [0.15, 0.2) is 24.5 Å². The fourth-order valence-corrected chi connectivity index (χ4v) is 2.36. The van der Waals surface area contributed by atoms with Gasteiger partial charge in [-0.15, -0.1) is 0 Å². The summed E-state index contributed by atoms with van der Waals surface area (Å²) in [4.78, 5) is 18.4. The molecule has 1 aromatic carbocycles. The molecule has 1 amide bonds. The van der Waals surface area contributed by atoms with E-state index in [1.165, 1.54) is 0 Å². The molecule has 0 N–H and O–H groups in total. The maximum absolute atomic E-state index is 12.2. The van der Waals surface area contributed by atoms with E-state index in [4.69, 9.17) is 0 Å². The zero-order valence-electron chi connectivity index (χ0n) is 9.89. The van der Waals surface area contributed by atoms with Crippen LogP contribution in [-0.4, -0.2) is 33.4 Å². The van der Waals surface area contributed by atoms with Crippen molar-refractivity contribution < 1.29 is 4.79 Å². The van der Waals surface area contributed by atoms with Gasteiger partial charge < -0.3 is 9.47 Å². The molecule has 0 atom stereocenters. The zero-order chi connectivity index (χ0) is 11.8. The Kier molecular flexibility index (Phi) is 2.35. The van der Waals surface area contributed by atoms with E-state index in [9.17, 15) is 4.79 Å². The predicted molar refractivity (Wildman–Crippen MR) is 65.9 cm³/mol. The van der Waals surface area contributed by atoms with E-state index in [1.54, 1.807) is 6.33 Å². The monoisotopic (exact) mass is 229 g/mol. The summed E-state index contributed by atoms with van der Waals surface area (Å²) >= 11 is 0. The Labute approximate surface area is 99.9 Å². The van der Waals surface area contributed by atoms with Crippen molar-refractivity contribution in [1.82, 2.24) is 14.5 Å². The number of nitrogens with zero attached hydrogens (tertiary/aromatic N) is 3. The normalized spacial score (nSPS) is 15.7. The molecule has 4 heteroatoms. The maximum Gasteiger partial charge on any atom is 0.253 e. The number of fused-ring (bicyclic) bond motifs is 1. The summed E-state index contributed by atoms with van der Waals surface area (Å²) in [5, 5.41) is 0. The van der Waals surface area contributed by atoms with Crippen molar-refractivity contribution in [3.05, 3.63) is 30.1 Å². The van der Waals surface area contributed by atoms with Crippen LogP contribution < -0.4 is 0 Å². The highest BCUT2D eigenvalue weighted by Gasteiger charge is 2.19. The van der Waals surface area contributed by atoms with Gasteiger partial charge in [-0.1, -0.05) is 0 Å². The first kappa shape index (κ1) is 10.3. The number of carbonyl (C=O) groups excluding carboxylic acids is 1. The molecule has 1 aliphatic heterocycles. The summed E-state index contributed by atoms with van der Waals surface area (Å²) in [6.45, 7) is 1.78. The first-order valence-electron chi connectivity index (χ1n) is 5.96. The van der Waals surface area contributed by atoms with Gasteiger partial charge in [-0.3, -0.25) is 4.79 Å². The topological polar surface area (TPSA) is 38.1 Å². The second-order valence-electron chi connectivity index (χ2n) is 4.56. The summed E-state index contributed by atoms with van der Waals surface area (Å²) in [5.74, 6) is 0.144. The van der Waals surface area contributed by atoms with Crippen LogP contribution in [0.25, 0.3) is 11.0 Å². The molecular formula is C13H15N3O. The van der Waals surface area contributed by atoms with Crippen LogP contribution in [0.3, 0.4) is 0 Å². The van der Waals surface area contributed by atoms with Crippen molar-refractivity contribution >= 4 is 16.9 Å². The maximum atomic E-state index is 12.2. The molecule has 2 aromatic rings. The van der Waals surface area contributed by atoms with Gasteiger partial charge in [0, 0.05) is 25.7 Å². The number of aryl methyl sites for hydroxylation is 1. The number of imidazole rings is 1. The molecule has 0 aliphatic carbocycles. The van der Waals surface area contributed by atoms with Gasteiger partial charge >= 0.3 is 0 Å². The second-order valence-corrected chi connectivity index (χ2v) is 4.56. The highest BCUT2D eigenvalue weighted by Crippen LogP contribution is 2.17. The number of likely N-dealkylation sites (tertiary alicyclic amines) is 1. The van der Waals surface area contributed by atoms with Crippen molar-refractivity contribution in [2.24, 2.45) is 7.05 Å². The van der Waals surface area contributed by atoms with Crippen molar-refractivity contribution in [3.8, 4) is 0 Å². The number of amides is 1. The Hall–Kier alpha value is -1.84. The summed E-state index contributed by atoms with van der Waals surface area (Å²) in [6, 6.07) is 5.72. The third-order valence-corrected chi connectivity index (χ3v) is 3.37. The van der Waals surface area contributed by atoms with Gasteiger partial charge in [0.2, 0.25) is 0 Å². The minimum absolute atomic E-state index is 0.144. The molecule has 17 heavy (non-hydrogen) atoms. The quantitative estimate of drug-likeness (QED) is 0.748. The Balaban J connectivity index is 1.99. The number of rotatable bonds is 1. The van der Waals surface area contributed by atoms with Gasteiger partial charge in [-0.05, 0) is 31.0 Å². The minimum Gasteiger partial charge on any atom is -0.339 e. The van der Waals surface area contributed by atoms with Crippen LogP contribution in [0.5, 0.6) is 0 Å². The lowest BCUT2D eigenvalue weighted by atomic mass is 10.2. The smallest absolute Gasteiger partial charge is 0.253 e. The first-order valence-corrected chi connectivity index (χ1v) is 5.96. The van der Waals surface area contributed by atoms with Crippen LogP contribution in [-0.2, 0) is 7.05 Å². The van der Waals surface area contributed by atoms with Gasteiger partial charge in [0.15, 0.2) is 0 Å². The third-order valence-electron chi connectivity index (χ3n) is 3.37. The number of benzene rings is 1. The van der Waals surface area contributed by atoms with Crippen LogP contribution in [0.4, 0.5) is 0 Å². The average Bonchev–Trinajstić information content (AvgIpc) is 2.98. The lowest BCUT2D eigenvalue weighted by Crippen LogP contribution is -2.27. The Morgan fingerprint density at radius 3 is 2.82 bits per heavy atom. The molecule has 2 heterocycles. The largest absolute Gasteiger partial charge is 0.339 e. The molecule has 0 saturated carbocycles. The number of hydrogen-bond acceptors (Lipinski definition) is 2. The Morgan fingerprint density at radius 1 is 1.29 bits per heavy atom. The molecule has 3 rings (SSSR count). The van der Waals surface area contributed by atoms with E-state index in [0.717, 1.165) is 42.5 Å². The fraction of sp³-hybridized carbons (Fsp3) is 0.385. The Bertz CT molecular complexity index is 567. The molecule has 1 aromatic heterocycles. The molecule has 0 spiro atoms. The third kappa shape index (κ3) is 1.69. The van der Waals surface area contributed by atoms with E-state index in [0.29, 0.717) is 0 Å². The SMILES string of the molecule is Cn1cnc2ccc(C(=O)N3CCCC3)cc21. The molecule has 0 bridgehead atoms. The van der Waals surface area contributed by atoms with Crippen LogP contribution in [0.1, 0.15) is 23.2 Å². The highest BCUT2D eigenvalue weighted by atomic mass is 16.2. The zero-order valence-corrected chi connectivity index (χ0v) is 9.89. The lowest BCUT2D eigenvalue weighted by Gasteiger charge is -2.15. The van der Waals surface area contributed by atoms with Crippen molar-refractivity contribution in [2.45, 2.75) is 12.8 Å². The van der Waals surface area contributed by atoms with Crippen molar-refractivity contribution in [3.63, 3.8) is 0 Å². The van der Waals surface area contributed by atoms with E-state index < -0.39 is 0 Å². The summed E-state index contributed by atoms with van der Waals surface area (Å²) < 4.78 is 1.94. The molecular weight excluding hydrogens is 214 g/mol. The first-order chi connectivity index (χ1) is 8.25. The Morgan fingerprint density at radius 2 is 2.06 bits per heavy atom. The lowest BCUT2D eigenvalue weighted by molar-refractivity contribution is 0.0793. The molecule has 0 radical (unpaired) electrons. The molecule has 1 saturated heterocycles. The van der Waals surface area contributed by atoms with Crippen LogP contribution in [0, 0.1) is 0 Å². The van der Waals surface area contributed by atoms with Gasteiger partial charge in [-0.25, -0.2) is 4.98 Å². The van der Waals surface area contributed by atoms with Crippen LogP contribution >= 0.6 is 0 Å². The highest BCUT2D eigenvalue weighted by molar-refractivity contribution is 5.97. The fourth-order valence-electron chi connectivity index (χ4n) is 2.36. The van der Waals surface area contributed by atoms with Crippen molar-refractivity contribution in [2.75, 3.05) is 13.1 Å². The second kappa shape index (κ2) is 3.87. The molecule has 1 aliphatic rings. The van der Waals surface area contributed by atoms with Gasteiger partial charge in [0.25, 0.3) is 5.91 Å². The molecule has 0 unspecified atom stereocenters. The standard InChI is InChI=1S/C13H15N3O/c1-15-9-14-11-5-4-10(8-12(11)15)13(17)16-6-2-3-7-16/h4-5,8-9H,2-3,6-7H2,1H3. The van der Waals surface area contributed by atoms with Crippen molar-refractivity contribution in [1.29, 1.82) is 0 Å². The number of aromatic nitrogens is 2. The van der Waals surface area contributed by atoms with Crippen LogP contribution in [0.2, 0.25) is 0 Å². The van der Waals surface area contributed by atoms with E-state index in [-0.39, 0.29) is 5.91 Å². The molecule has 88 valence electrons. The summed E-state index contributed by atoms with van der Waals surface area (Å²) in [7, 11) is 1.94. The summed E-state index contributed by atoms with van der Waals surface area (Å²) in [6.07, 6.45) is 4.02. The van der Waals surface area contributed by atoms with Gasteiger partial charge in [0.05, 0.1) is 17.4 Å². The number of hydrogen-bond donors (Lipinski definition) is 0. The minimum atomic E-state index is 0.144. The van der Waals surface area contributed by atoms with Gasteiger partial charge in [0.1, 0.15) is 0 Å². The van der Waals surface area contributed by atoms with Gasteiger partial charge in [-0.2, -0.15) is 0 Å². The van der Waals surface area contributed by atoms with E-state index >= 15 is 0 Å². The number of carbonyl (C=O) groups is 1. The molecule has 1 fully saturated rings. The molecule has 4 nitrogen and oxygen atoms in total. The predicted octanol–water partition coefficient (Wildman–Crippen LogP) is 1.81.